The molecule has 1 fully saturated rings. The van der Waals surface area contributed by atoms with Crippen molar-refractivity contribution in [3.63, 3.8) is 0 Å². The molecule has 144 valence electrons. The van der Waals surface area contributed by atoms with E-state index < -0.39 is 0 Å². The Morgan fingerprint density at radius 3 is 2.80 bits per heavy atom. The minimum absolute atomic E-state index is 0. The first-order valence-corrected chi connectivity index (χ1v) is 10.0. The molecule has 5 nitrogen and oxygen atoms in total. The van der Waals surface area contributed by atoms with E-state index in [2.05, 4.69) is 36.1 Å². The van der Waals surface area contributed by atoms with Gasteiger partial charge in [0, 0.05) is 57.4 Å². The van der Waals surface area contributed by atoms with Crippen molar-refractivity contribution in [1.29, 1.82) is 0 Å². The van der Waals surface area contributed by atoms with E-state index in [1.54, 1.807) is 0 Å². The molecule has 1 aliphatic heterocycles. The lowest BCUT2D eigenvalue weighted by Gasteiger charge is -2.26. The van der Waals surface area contributed by atoms with Gasteiger partial charge in [-0.05, 0) is 38.5 Å². The maximum Gasteiger partial charge on any atom is 0.193 e. The van der Waals surface area contributed by atoms with Gasteiger partial charge in [-0.15, -0.1) is 35.3 Å². The van der Waals surface area contributed by atoms with Crippen molar-refractivity contribution in [2.24, 2.45) is 10.9 Å². The van der Waals surface area contributed by atoms with Crippen molar-refractivity contribution in [1.82, 2.24) is 15.2 Å². The lowest BCUT2D eigenvalue weighted by molar-refractivity contribution is 0.0625. The third-order valence-corrected chi connectivity index (χ3v) is 5.65. The molecule has 1 N–H and O–H groups in total. The van der Waals surface area contributed by atoms with Gasteiger partial charge in [0.1, 0.15) is 0 Å². The summed E-state index contributed by atoms with van der Waals surface area (Å²) in [6, 6.07) is 0. The SMILES string of the molecule is CCNC(=NCCc1ncc(CC)s1)N(C)CCC1CCOCC1.I. The topological polar surface area (TPSA) is 49.8 Å². The molecule has 0 saturated carbocycles. The van der Waals surface area contributed by atoms with Gasteiger partial charge in [-0.3, -0.25) is 4.99 Å². The van der Waals surface area contributed by atoms with Crippen LogP contribution in [0.25, 0.3) is 0 Å². The van der Waals surface area contributed by atoms with E-state index >= 15 is 0 Å². The van der Waals surface area contributed by atoms with Crippen molar-refractivity contribution in [2.75, 3.05) is 39.9 Å². The molecule has 1 saturated heterocycles. The summed E-state index contributed by atoms with van der Waals surface area (Å²) >= 11 is 1.81. The summed E-state index contributed by atoms with van der Waals surface area (Å²) in [4.78, 5) is 12.9. The Kier molecular flexibility index (Phi) is 11.6. The Labute approximate surface area is 173 Å². The van der Waals surface area contributed by atoms with Gasteiger partial charge in [0.2, 0.25) is 0 Å². The van der Waals surface area contributed by atoms with Crippen molar-refractivity contribution < 1.29 is 4.74 Å². The molecule has 0 amide bonds. The number of guanidine groups is 1. The van der Waals surface area contributed by atoms with Crippen LogP contribution in [0.5, 0.6) is 0 Å². The highest BCUT2D eigenvalue weighted by atomic mass is 127. The van der Waals surface area contributed by atoms with Gasteiger partial charge in [0.15, 0.2) is 5.96 Å². The van der Waals surface area contributed by atoms with E-state index in [9.17, 15) is 0 Å². The second-order valence-corrected chi connectivity index (χ2v) is 7.53. The fourth-order valence-electron chi connectivity index (χ4n) is 2.87. The molecule has 1 aromatic rings. The largest absolute Gasteiger partial charge is 0.381 e. The zero-order valence-corrected chi connectivity index (χ0v) is 18.9. The highest BCUT2D eigenvalue weighted by Gasteiger charge is 2.15. The fourth-order valence-corrected chi connectivity index (χ4v) is 3.72. The maximum absolute atomic E-state index is 5.44. The van der Waals surface area contributed by atoms with Crippen LogP contribution < -0.4 is 5.32 Å². The number of rotatable bonds is 8. The number of aryl methyl sites for hydroxylation is 1. The van der Waals surface area contributed by atoms with Crippen LogP contribution >= 0.6 is 35.3 Å². The monoisotopic (exact) mass is 480 g/mol. The van der Waals surface area contributed by atoms with Crippen LogP contribution in [0.4, 0.5) is 0 Å². The molecule has 2 heterocycles. The highest BCUT2D eigenvalue weighted by Crippen LogP contribution is 2.18. The van der Waals surface area contributed by atoms with Crippen molar-refractivity contribution >= 4 is 41.3 Å². The smallest absolute Gasteiger partial charge is 0.193 e. The molecule has 0 aromatic carbocycles. The number of nitrogens with one attached hydrogen (secondary N) is 1. The fraction of sp³-hybridized carbons (Fsp3) is 0.778. The minimum Gasteiger partial charge on any atom is -0.381 e. The van der Waals surface area contributed by atoms with Crippen molar-refractivity contribution in [3.05, 3.63) is 16.1 Å². The van der Waals surface area contributed by atoms with E-state index in [-0.39, 0.29) is 24.0 Å². The molecule has 1 aliphatic rings. The zero-order chi connectivity index (χ0) is 17.2. The van der Waals surface area contributed by atoms with E-state index in [4.69, 9.17) is 9.73 Å². The molecular weight excluding hydrogens is 447 g/mol. The summed E-state index contributed by atoms with van der Waals surface area (Å²) in [7, 11) is 2.14. The number of aliphatic imine (C=N–C) groups is 1. The normalized spacial score (nSPS) is 15.7. The zero-order valence-electron chi connectivity index (χ0n) is 15.8. The van der Waals surface area contributed by atoms with Gasteiger partial charge in [-0.1, -0.05) is 6.92 Å². The predicted octanol–water partition coefficient (Wildman–Crippen LogP) is 3.58. The Bertz CT molecular complexity index is 503. The summed E-state index contributed by atoms with van der Waals surface area (Å²) in [5.74, 6) is 1.81. The van der Waals surface area contributed by atoms with Crippen LogP contribution in [0.1, 0.15) is 43.0 Å². The molecule has 0 spiro atoms. The third-order valence-electron chi connectivity index (χ3n) is 4.45. The average Bonchev–Trinajstić information content (AvgIpc) is 3.08. The predicted molar refractivity (Wildman–Crippen MR) is 117 cm³/mol. The van der Waals surface area contributed by atoms with Gasteiger partial charge in [0.05, 0.1) is 5.01 Å². The minimum atomic E-state index is 0. The van der Waals surface area contributed by atoms with Gasteiger partial charge in [-0.25, -0.2) is 4.98 Å². The summed E-state index contributed by atoms with van der Waals surface area (Å²) in [5.41, 5.74) is 0. The summed E-state index contributed by atoms with van der Waals surface area (Å²) < 4.78 is 5.44. The van der Waals surface area contributed by atoms with E-state index in [1.165, 1.54) is 29.1 Å². The number of halogens is 1. The molecule has 0 unspecified atom stereocenters. The van der Waals surface area contributed by atoms with Gasteiger partial charge >= 0.3 is 0 Å². The summed E-state index contributed by atoms with van der Waals surface area (Å²) in [6.45, 7) is 8.89. The highest BCUT2D eigenvalue weighted by molar-refractivity contribution is 14.0. The van der Waals surface area contributed by atoms with Gasteiger partial charge in [-0.2, -0.15) is 0 Å². The molecule has 0 atom stereocenters. The average molecular weight is 480 g/mol. The summed E-state index contributed by atoms with van der Waals surface area (Å²) in [6.07, 6.45) is 7.61. The lowest BCUT2D eigenvalue weighted by Crippen LogP contribution is -2.40. The van der Waals surface area contributed by atoms with Crippen LogP contribution in [0, 0.1) is 5.92 Å². The van der Waals surface area contributed by atoms with E-state index in [0.29, 0.717) is 0 Å². The van der Waals surface area contributed by atoms with Crippen LogP contribution in [0.2, 0.25) is 0 Å². The second-order valence-electron chi connectivity index (χ2n) is 6.33. The third kappa shape index (κ3) is 8.21. The molecule has 2 rings (SSSR count). The van der Waals surface area contributed by atoms with Gasteiger partial charge in [0.25, 0.3) is 0 Å². The number of aromatic nitrogens is 1. The maximum atomic E-state index is 5.44. The molecule has 7 heteroatoms. The number of nitrogens with zero attached hydrogens (tertiary/aromatic N) is 3. The van der Waals surface area contributed by atoms with Crippen LogP contribution in [0.3, 0.4) is 0 Å². The standard InChI is InChI=1S/C18H32N4OS.HI/c1-4-16-14-21-17(24-16)6-10-20-18(19-5-2)22(3)11-7-15-8-12-23-13-9-15;/h14-15H,4-13H2,1-3H3,(H,19,20);1H. The Morgan fingerprint density at radius 2 is 2.16 bits per heavy atom. The summed E-state index contributed by atoms with van der Waals surface area (Å²) in [5, 5.41) is 4.60. The lowest BCUT2D eigenvalue weighted by atomic mass is 9.96. The molecular formula is C18H33IN4OS. The second kappa shape index (κ2) is 12.9. The first-order chi connectivity index (χ1) is 11.7. The first-order valence-electron chi connectivity index (χ1n) is 9.23. The van der Waals surface area contributed by atoms with Crippen molar-refractivity contribution in [2.45, 2.75) is 46.0 Å². The number of hydrogen-bond acceptors (Lipinski definition) is 4. The van der Waals surface area contributed by atoms with Crippen LogP contribution in [-0.4, -0.2) is 55.7 Å². The number of thiazole rings is 1. The molecule has 1 aromatic heterocycles. The quantitative estimate of drug-likeness (QED) is 0.351. The number of hydrogen-bond donors (Lipinski definition) is 1. The molecule has 0 bridgehead atoms. The van der Waals surface area contributed by atoms with E-state index in [0.717, 1.165) is 57.6 Å². The van der Waals surface area contributed by atoms with Crippen LogP contribution in [-0.2, 0) is 17.6 Å². The molecule has 25 heavy (non-hydrogen) atoms. The number of ether oxygens (including phenoxy) is 1. The Balaban J connectivity index is 0.00000312. The van der Waals surface area contributed by atoms with Crippen molar-refractivity contribution in [3.8, 4) is 0 Å². The van der Waals surface area contributed by atoms with Gasteiger partial charge < -0.3 is 15.0 Å². The van der Waals surface area contributed by atoms with E-state index in [1.807, 2.05) is 17.5 Å². The Morgan fingerprint density at radius 1 is 1.40 bits per heavy atom. The molecule has 0 radical (unpaired) electrons. The molecule has 0 aliphatic carbocycles. The first kappa shape index (κ1) is 22.6. The van der Waals surface area contributed by atoms with Crippen LogP contribution in [0.15, 0.2) is 11.2 Å². The Hall–Kier alpha value is -0.410.